The van der Waals surface area contributed by atoms with Crippen molar-refractivity contribution in [1.82, 2.24) is 29.3 Å². The fraction of sp³-hybridized carbons (Fsp3) is 0.167. The smallest absolute Gasteiger partial charge is 0.169 e. The summed E-state index contributed by atoms with van der Waals surface area (Å²) in [5.74, 6) is 1.85. The minimum Gasteiger partial charge on any atom is -0.383 e. The quantitative estimate of drug-likeness (QED) is 0.379. The van der Waals surface area contributed by atoms with Gasteiger partial charge in [-0.05, 0) is 60.7 Å². The van der Waals surface area contributed by atoms with E-state index < -0.39 is 0 Å². The molecule has 0 radical (unpaired) electrons. The van der Waals surface area contributed by atoms with Gasteiger partial charge in [-0.2, -0.15) is 5.10 Å². The van der Waals surface area contributed by atoms with Crippen molar-refractivity contribution in [2.75, 3.05) is 16.7 Å². The third-order valence-electron chi connectivity index (χ3n) is 5.97. The largest absolute Gasteiger partial charge is 0.383 e. The zero-order valence-electron chi connectivity index (χ0n) is 18.1. The van der Waals surface area contributed by atoms with Gasteiger partial charge in [0.2, 0.25) is 0 Å². The Balaban J connectivity index is 1.69. The van der Waals surface area contributed by atoms with Crippen molar-refractivity contribution in [2.45, 2.75) is 19.3 Å². The highest BCUT2D eigenvalue weighted by molar-refractivity contribution is 7.99. The lowest BCUT2D eigenvalue weighted by atomic mass is 10.1. The molecule has 33 heavy (non-hydrogen) atoms. The molecular weight excluding hydrogens is 432 g/mol. The zero-order chi connectivity index (χ0) is 22.4. The molecule has 0 atom stereocenters. The third-order valence-corrected chi connectivity index (χ3v) is 6.40. The number of nitrogen functional groups attached to an aromatic ring is 1. The van der Waals surface area contributed by atoms with Crippen molar-refractivity contribution in [3.05, 3.63) is 72.2 Å². The number of benzene rings is 1. The van der Waals surface area contributed by atoms with Crippen molar-refractivity contribution in [3.8, 4) is 22.9 Å². The number of rotatable bonds is 5. The van der Waals surface area contributed by atoms with Crippen LogP contribution in [0.4, 0.5) is 11.5 Å². The minimum absolute atomic E-state index is 0.432. The molecule has 1 aromatic carbocycles. The first kappa shape index (κ1) is 19.8. The van der Waals surface area contributed by atoms with Gasteiger partial charge in [-0.1, -0.05) is 18.0 Å². The van der Waals surface area contributed by atoms with Gasteiger partial charge in [-0.15, -0.1) is 0 Å². The van der Waals surface area contributed by atoms with Gasteiger partial charge in [0.15, 0.2) is 17.3 Å². The number of imidazole rings is 1. The number of aromatic nitrogens is 6. The molecule has 3 N–H and O–H groups in total. The summed E-state index contributed by atoms with van der Waals surface area (Å²) in [7, 11) is 0. The predicted octanol–water partition coefficient (Wildman–Crippen LogP) is 4.43. The van der Waals surface area contributed by atoms with Crippen LogP contribution in [0.2, 0.25) is 0 Å². The van der Waals surface area contributed by atoms with Crippen molar-refractivity contribution in [2.24, 2.45) is 0 Å². The van der Waals surface area contributed by atoms with E-state index in [0.29, 0.717) is 17.5 Å². The molecule has 0 fully saturated rings. The van der Waals surface area contributed by atoms with Crippen LogP contribution in [0.5, 0.6) is 0 Å². The fourth-order valence-electron chi connectivity index (χ4n) is 4.47. The van der Waals surface area contributed by atoms with Gasteiger partial charge in [-0.25, -0.2) is 19.6 Å². The van der Waals surface area contributed by atoms with Gasteiger partial charge >= 0.3 is 0 Å². The molecule has 1 aliphatic carbocycles. The van der Waals surface area contributed by atoms with Gasteiger partial charge in [0.25, 0.3) is 0 Å². The molecule has 4 aromatic heterocycles. The number of hydrogen-bond acceptors (Lipinski definition) is 7. The molecule has 0 bridgehead atoms. The number of nitrogens with one attached hydrogen (secondary N) is 1. The van der Waals surface area contributed by atoms with Crippen LogP contribution in [0.1, 0.15) is 17.5 Å². The molecule has 5 aromatic rings. The van der Waals surface area contributed by atoms with E-state index in [1.165, 1.54) is 29.5 Å². The standard InChI is InChI=1S/C24H22N8S/c1-33-30-19-14-20(31-12-4-11-27-31)28-24-21(19)29-23(18-7-3-10-26-22(18)25)32(24)17-9-8-15-5-2-6-16(15)13-17/h3-4,7-14H,2,5-6H2,1H3,(H2,25,26)(H,28,30). The molecule has 0 aliphatic heterocycles. The topological polar surface area (TPSA) is 99.5 Å². The number of hydrogen-bond donors (Lipinski definition) is 2. The van der Waals surface area contributed by atoms with Crippen LogP contribution >= 0.6 is 11.9 Å². The lowest BCUT2D eigenvalue weighted by molar-refractivity contribution is 0.849. The van der Waals surface area contributed by atoms with E-state index in [1.54, 1.807) is 17.1 Å². The Bertz CT molecular complexity index is 1470. The van der Waals surface area contributed by atoms with E-state index in [9.17, 15) is 0 Å². The van der Waals surface area contributed by atoms with Gasteiger partial charge in [0, 0.05) is 36.6 Å². The van der Waals surface area contributed by atoms with Gasteiger partial charge in [0.05, 0.1) is 11.3 Å². The number of nitrogens with two attached hydrogens (primary N) is 1. The van der Waals surface area contributed by atoms with Crippen LogP contribution in [0.25, 0.3) is 34.1 Å². The van der Waals surface area contributed by atoms with Gasteiger partial charge < -0.3 is 10.5 Å². The van der Waals surface area contributed by atoms with Crippen molar-refractivity contribution in [3.63, 3.8) is 0 Å². The number of fused-ring (bicyclic) bond motifs is 2. The molecule has 0 amide bonds. The van der Waals surface area contributed by atoms with Crippen LogP contribution in [-0.2, 0) is 12.8 Å². The Kier molecular flexibility index (Phi) is 4.76. The second-order valence-corrected chi connectivity index (χ2v) is 8.58. The Morgan fingerprint density at radius 1 is 1.03 bits per heavy atom. The summed E-state index contributed by atoms with van der Waals surface area (Å²) in [6.45, 7) is 0. The van der Waals surface area contributed by atoms with Crippen molar-refractivity contribution < 1.29 is 0 Å². The maximum atomic E-state index is 6.30. The highest BCUT2D eigenvalue weighted by Gasteiger charge is 2.22. The molecule has 6 rings (SSSR count). The lowest BCUT2D eigenvalue weighted by Crippen LogP contribution is -2.05. The SMILES string of the molecule is CSNc1cc(-n2cccn2)nc2c1nc(-c1cccnc1N)n2-c1ccc2c(c1)CCC2. The summed E-state index contributed by atoms with van der Waals surface area (Å²) in [4.78, 5) is 14.3. The van der Waals surface area contributed by atoms with Crippen molar-refractivity contribution >= 4 is 34.6 Å². The Hall–Kier alpha value is -3.85. The maximum absolute atomic E-state index is 6.30. The van der Waals surface area contributed by atoms with E-state index in [1.807, 2.05) is 36.7 Å². The molecule has 0 spiro atoms. The highest BCUT2D eigenvalue weighted by atomic mass is 32.2. The van der Waals surface area contributed by atoms with Gasteiger partial charge in [0.1, 0.15) is 11.3 Å². The monoisotopic (exact) mass is 454 g/mol. The molecule has 4 heterocycles. The average molecular weight is 455 g/mol. The summed E-state index contributed by atoms with van der Waals surface area (Å²) in [6, 6.07) is 14.3. The Labute approximate surface area is 195 Å². The first-order valence-electron chi connectivity index (χ1n) is 10.8. The maximum Gasteiger partial charge on any atom is 0.169 e. The second-order valence-electron chi connectivity index (χ2n) is 7.97. The third kappa shape index (κ3) is 3.32. The molecule has 0 saturated carbocycles. The van der Waals surface area contributed by atoms with Crippen molar-refractivity contribution in [1.29, 1.82) is 0 Å². The van der Waals surface area contributed by atoms with Crippen LogP contribution in [0, 0.1) is 0 Å². The van der Waals surface area contributed by atoms with Crippen LogP contribution in [0.3, 0.4) is 0 Å². The summed E-state index contributed by atoms with van der Waals surface area (Å²) in [5.41, 5.74) is 13.2. The first-order valence-corrected chi connectivity index (χ1v) is 12.0. The zero-order valence-corrected chi connectivity index (χ0v) is 18.9. The summed E-state index contributed by atoms with van der Waals surface area (Å²) >= 11 is 1.51. The van der Waals surface area contributed by atoms with Gasteiger partial charge in [-0.3, -0.25) is 4.57 Å². The molecule has 1 aliphatic rings. The molecule has 8 nitrogen and oxygen atoms in total. The Morgan fingerprint density at radius 3 is 2.76 bits per heavy atom. The second kappa shape index (κ2) is 7.93. The number of anilines is 2. The summed E-state index contributed by atoms with van der Waals surface area (Å²) in [5, 5.41) is 4.38. The van der Waals surface area contributed by atoms with E-state index in [4.69, 9.17) is 15.7 Å². The average Bonchev–Trinajstić information content (AvgIpc) is 3.58. The normalized spacial score (nSPS) is 12.9. The first-order chi connectivity index (χ1) is 16.2. The van der Waals surface area contributed by atoms with Crippen LogP contribution in [0.15, 0.2) is 61.1 Å². The number of pyridine rings is 2. The van der Waals surface area contributed by atoms with Crippen LogP contribution in [-0.4, -0.2) is 35.6 Å². The van der Waals surface area contributed by atoms with Crippen LogP contribution < -0.4 is 10.5 Å². The molecule has 0 unspecified atom stereocenters. The van der Waals surface area contributed by atoms with E-state index in [-0.39, 0.29) is 0 Å². The lowest BCUT2D eigenvalue weighted by Gasteiger charge is -2.13. The predicted molar refractivity (Wildman–Crippen MR) is 133 cm³/mol. The Morgan fingerprint density at radius 2 is 1.94 bits per heavy atom. The fourth-order valence-corrected chi connectivity index (χ4v) is 4.85. The minimum atomic E-state index is 0.432. The van der Waals surface area contributed by atoms with E-state index >= 15 is 0 Å². The summed E-state index contributed by atoms with van der Waals surface area (Å²) < 4.78 is 7.20. The number of nitrogens with zero attached hydrogens (tertiary/aromatic N) is 6. The summed E-state index contributed by atoms with van der Waals surface area (Å²) in [6.07, 6.45) is 10.7. The van der Waals surface area contributed by atoms with E-state index in [0.717, 1.165) is 40.9 Å². The molecule has 0 saturated heterocycles. The molecular formula is C24H22N8S. The highest BCUT2D eigenvalue weighted by Crippen LogP contribution is 2.35. The number of aryl methyl sites for hydroxylation is 2. The van der Waals surface area contributed by atoms with E-state index in [2.05, 4.69) is 37.6 Å². The molecule has 164 valence electrons. The molecule has 9 heteroatoms.